The molecule has 3 heterocycles. The molecule has 154 valence electrons. The maximum atomic E-state index is 12.5. The molecule has 7 nitrogen and oxygen atoms in total. The fourth-order valence-corrected chi connectivity index (χ4v) is 4.63. The number of carbonyl (C=O) groups excluding carboxylic acids is 1. The predicted octanol–water partition coefficient (Wildman–Crippen LogP) is 3.33. The third-order valence-corrected chi connectivity index (χ3v) is 6.77. The van der Waals surface area contributed by atoms with Crippen molar-refractivity contribution in [1.82, 2.24) is 20.3 Å². The number of thiophene rings is 1. The van der Waals surface area contributed by atoms with Crippen molar-refractivity contribution in [2.24, 2.45) is 0 Å². The minimum absolute atomic E-state index is 0.0902. The molecule has 29 heavy (non-hydrogen) atoms. The van der Waals surface area contributed by atoms with Crippen LogP contribution in [0.25, 0.3) is 10.2 Å². The summed E-state index contributed by atoms with van der Waals surface area (Å²) in [4.78, 5) is 38.2. The van der Waals surface area contributed by atoms with Crippen LogP contribution in [0.1, 0.15) is 35.7 Å². The van der Waals surface area contributed by atoms with E-state index in [2.05, 4.69) is 20.3 Å². The molecule has 9 heteroatoms. The summed E-state index contributed by atoms with van der Waals surface area (Å²) >= 11 is 2.95. The Bertz CT molecular complexity index is 1080. The number of nitrogens with one attached hydrogen (secondary N) is 2. The molecule has 3 aromatic rings. The smallest absolute Gasteiger partial charge is 0.259 e. The molecule has 0 aliphatic carbocycles. The molecule has 0 saturated heterocycles. The molecule has 0 aromatic carbocycles. The summed E-state index contributed by atoms with van der Waals surface area (Å²) in [6.07, 6.45) is 1.66. The summed E-state index contributed by atoms with van der Waals surface area (Å²) in [5.74, 6) is 1.48. The van der Waals surface area contributed by atoms with Crippen molar-refractivity contribution in [1.29, 1.82) is 0 Å². The first-order valence-corrected chi connectivity index (χ1v) is 11.2. The summed E-state index contributed by atoms with van der Waals surface area (Å²) in [6.45, 7) is 8.52. The molecule has 3 rings (SSSR count). The Morgan fingerprint density at radius 1 is 1.41 bits per heavy atom. The van der Waals surface area contributed by atoms with Crippen LogP contribution in [0, 0.1) is 13.8 Å². The lowest BCUT2D eigenvalue weighted by Crippen LogP contribution is -2.30. The standard InChI is InChI=1S/C20H24N4O3S2/c1-5-27-19-14(7-6-8-21-19)9-22-17(25)13(4)28-10-15-23-18(26)16-11(2)12(3)29-20(16)24-15/h6-8,13H,5,9-10H2,1-4H3,(H,22,25)(H,23,24,26)/t13-/m0/s1. The maximum absolute atomic E-state index is 12.5. The third kappa shape index (κ3) is 4.97. The zero-order chi connectivity index (χ0) is 21.0. The Morgan fingerprint density at radius 3 is 2.97 bits per heavy atom. The van der Waals surface area contributed by atoms with E-state index in [0.29, 0.717) is 36.0 Å². The molecule has 0 saturated carbocycles. The number of aromatic nitrogens is 3. The van der Waals surface area contributed by atoms with Gasteiger partial charge in [0.1, 0.15) is 10.7 Å². The minimum atomic E-state index is -0.296. The van der Waals surface area contributed by atoms with E-state index in [1.54, 1.807) is 6.20 Å². The molecule has 0 spiro atoms. The summed E-state index contributed by atoms with van der Waals surface area (Å²) in [7, 11) is 0. The number of rotatable bonds is 8. The lowest BCUT2D eigenvalue weighted by Gasteiger charge is -2.13. The number of nitrogens with zero attached hydrogens (tertiary/aromatic N) is 2. The molecule has 0 aliphatic rings. The molecule has 2 N–H and O–H groups in total. The average Bonchev–Trinajstić information content (AvgIpc) is 2.99. The van der Waals surface area contributed by atoms with Gasteiger partial charge in [-0.25, -0.2) is 9.97 Å². The zero-order valence-electron chi connectivity index (χ0n) is 16.9. The number of H-pyrrole nitrogens is 1. The molecule has 0 unspecified atom stereocenters. The molecule has 0 bridgehead atoms. The van der Waals surface area contributed by atoms with Crippen molar-refractivity contribution in [2.75, 3.05) is 6.61 Å². The lowest BCUT2D eigenvalue weighted by atomic mass is 10.2. The highest BCUT2D eigenvalue weighted by molar-refractivity contribution is 7.99. The molecule has 0 radical (unpaired) electrons. The topological polar surface area (TPSA) is 97.0 Å². The van der Waals surface area contributed by atoms with Crippen molar-refractivity contribution in [3.05, 3.63) is 50.5 Å². The predicted molar refractivity (Wildman–Crippen MR) is 118 cm³/mol. The molecular weight excluding hydrogens is 408 g/mol. The van der Waals surface area contributed by atoms with Crippen LogP contribution in [0.4, 0.5) is 0 Å². The summed E-state index contributed by atoms with van der Waals surface area (Å²) in [5.41, 5.74) is 1.69. The Labute approximate surface area is 177 Å². The van der Waals surface area contributed by atoms with Crippen LogP contribution in [0.2, 0.25) is 0 Å². The van der Waals surface area contributed by atoms with Crippen molar-refractivity contribution in [3.63, 3.8) is 0 Å². The van der Waals surface area contributed by atoms with Gasteiger partial charge in [-0.1, -0.05) is 6.07 Å². The summed E-state index contributed by atoms with van der Waals surface area (Å²) < 4.78 is 5.48. The fraction of sp³-hybridized carbons (Fsp3) is 0.400. The van der Waals surface area contributed by atoms with Gasteiger partial charge in [0.2, 0.25) is 11.8 Å². The number of carbonyl (C=O) groups is 1. The lowest BCUT2D eigenvalue weighted by molar-refractivity contribution is -0.120. The monoisotopic (exact) mass is 432 g/mol. The van der Waals surface area contributed by atoms with Gasteiger partial charge >= 0.3 is 0 Å². The van der Waals surface area contributed by atoms with Crippen molar-refractivity contribution in [3.8, 4) is 5.88 Å². The van der Waals surface area contributed by atoms with Crippen molar-refractivity contribution in [2.45, 2.75) is 45.2 Å². The van der Waals surface area contributed by atoms with E-state index in [1.807, 2.05) is 39.8 Å². The molecular formula is C20H24N4O3S2. The number of thioether (sulfide) groups is 1. The number of pyridine rings is 1. The summed E-state index contributed by atoms with van der Waals surface area (Å²) in [5, 5.41) is 3.28. The van der Waals surface area contributed by atoms with Crippen LogP contribution in [-0.2, 0) is 17.1 Å². The van der Waals surface area contributed by atoms with Gasteiger partial charge < -0.3 is 15.0 Å². The van der Waals surface area contributed by atoms with E-state index >= 15 is 0 Å². The number of hydrogen-bond acceptors (Lipinski definition) is 7. The highest BCUT2D eigenvalue weighted by atomic mass is 32.2. The van der Waals surface area contributed by atoms with Gasteiger partial charge in [0, 0.05) is 23.2 Å². The Morgan fingerprint density at radius 2 is 2.21 bits per heavy atom. The minimum Gasteiger partial charge on any atom is -0.478 e. The highest BCUT2D eigenvalue weighted by Crippen LogP contribution is 2.26. The quantitative estimate of drug-likeness (QED) is 0.567. The normalized spacial score (nSPS) is 12.1. The SMILES string of the molecule is CCOc1ncccc1CNC(=O)[C@H](C)SCc1nc2sc(C)c(C)c2c(=O)[nH]1. The first-order chi connectivity index (χ1) is 13.9. The van der Waals surface area contributed by atoms with Gasteiger partial charge in [0.25, 0.3) is 5.56 Å². The average molecular weight is 433 g/mol. The number of fused-ring (bicyclic) bond motifs is 1. The molecule has 1 amide bonds. The molecule has 0 fully saturated rings. The van der Waals surface area contributed by atoms with E-state index < -0.39 is 0 Å². The van der Waals surface area contributed by atoms with Gasteiger partial charge in [-0.3, -0.25) is 9.59 Å². The Hall–Kier alpha value is -2.39. The van der Waals surface area contributed by atoms with Crippen molar-refractivity contribution < 1.29 is 9.53 Å². The summed E-state index contributed by atoms with van der Waals surface area (Å²) in [6, 6.07) is 3.69. The molecule has 3 aromatic heterocycles. The molecule has 1 atom stereocenters. The number of aromatic amines is 1. The van der Waals surface area contributed by atoms with Crippen LogP contribution in [0.3, 0.4) is 0 Å². The van der Waals surface area contributed by atoms with E-state index in [4.69, 9.17) is 4.74 Å². The molecule has 0 aliphatic heterocycles. The van der Waals surface area contributed by atoms with Crippen LogP contribution in [-0.4, -0.2) is 32.7 Å². The number of amides is 1. The number of ether oxygens (including phenoxy) is 1. The first-order valence-electron chi connectivity index (χ1n) is 9.35. The largest absolute Gasteiger partial charge is 0.478 e. The van der Waals surface area contributed by atoms with Gasteiger partial charge in [-0.15, -0.1) is 23.1 Å². The van der Waals surface area contributed by atoms with Gasteiger partial charge in [-0.2, -0.15) is 0 Å². The van der Waals surface area contributed by atoms with Crippen LogP contribution < -0.4 is 15.6 Å². The first kappa shape index (κ1) is 21.3. The zero-order valence-corrected chi connectivity index (χ0v) is 18.5. The Kier molecular flexibility index (Phi) is 6.92. The van der Waals surface area contributed by atoms with Crippen molar-refractivity contribution >= 4 is 39.2 Å². The van der Waals surface area contributed by atoms with Crippen LogP contribution in [0.15, 0.2) is 23.1 Å². The second-order valence-corrected chi connectivity index (χ2v) is 9.08. The second-order valence-electron chi connectivity index (χ2n) is 6.55. The van der Waals surface area contributed by atoms with Crippen LogP contribution in [0.5, 0.6) is 5.88 Å². The Balaban J connectivity index is 1.59. The van der Waals surface area contributed by atoms with Crippen LogP contribution >= 0.6 is 23.1 Å². The number of hydrogen-bond donors (Lipinski definition) is 2. The number of aryl methyl sites for hydroxylation is 2. The van der Waals surface area contributed by atoms with E-state index in [0.717, 1.165) is 20.8 Å². The van der Waals surface area contributed by atoms with E-state index in [1.165, 1.54) is 23.1 Å². The second kappa shape index (κ2) is 9.41. The van der Waals surface area contributed by atoms with E-state index in [9.17, 15) is 9.59 Å². The third-order valence-electron chi connectivity index (χ3n) is 4.51. The maximum Gasteiger partial charge on any atom is 0.259 e. The van der Waals surface area contributed by atoms with Gasteiger partial charge in [-0.05, 0) is 39.3 Å². The fourth-order valence-electron chi connectivity index (χ4n) is 2.80. The van der Waals surface area contributed by atoms with E-state index in [-0.39, 0.29) is 16.7 Å². The van der Waals surface area contributed by atoms with Gasteiger partial charge in [0.15, 0.2) is 0 Å². The highest BCUT2D eigenvalue weighted by Gasteiger charge is 2.16. The van der Waals surface area contributed by atoms with Gasteiger partial charge in [0.05, 0.1) is 23.0 Å².